The zero-order chi connectivity index (χ0) is 24.2. The van der Waals surface area contributed by atoms with E-state index in [9.17, 15) is 14.0 Å². The summed E-state index contributed by atoms with van der Waals surface area (Å²) in [7, 11) is 0. The highest BCUT2D eigenvalue weighted by molar-refractivity contribution is 5.99. The molecule has 2 aliphatic heterocycles. The van der Waals surface area contributed by atoms with Gasteiger partial charge < -0.3 is 15.1 Å². The van der Waals surface area contributed by atoms with E-state index in [1.807, 2.05) is 49.9 Å². The van der Waals surface area contributed by atoms with E-state index < -0.39 is 0 Å². The first-order valence-electron chi connectivity index (χ1n) is 12.5. The molecule has 2 fully saturated rings. The maximum Gasteiger partial charge on any atom is 0.251 e. The molecule has 1 N–H and O–H groups in total. The van der Waals surface area contributed by atoms with Crippen molar-refractivity contribution in [1.29, 1.82) is 0 Å². The number of anilines is 1. The van der Waals surface area contributed by atoms with Crippen molar-refractivity contribution in [3.63, 3.8) is 0 Å². The summed E-state index contributed by atoms with van der Waals surface area (Å²) in [6.45, 7) is 10.2. The lowest BCUT2D eigenvalue weighted by molar-refractivity contribution is -0.124. The summed E-state index contributed by atoms with van der Waals surface area (Å²) in [6, 6.07) is 10.6. The van der Waals surface area contributed by atoms with Crippen LogP contribution in [0.25, 0.3) is 0 Å². The van der Waals surface area contributed by atoms with Crippen molar-refractivity contribution in [2.75, 3.05) is 37.6 Å². The Hall–Kier alpha value is -2.73. The Morgan fingerprint density at radius 1 is 1.12 bits per heavy atom. The third-order valence-corrected chi connectivity index (χ3v) is 7.22. The smallest absolute Gasteiger partial charge is 0.251 e. The predicted molar refractivity (Wildman–Crippen MR) is 134 cm³/mol. The molecule has 0 spiro atoms. The lowest BCUT2D eigenvalue weighted by Crippen LogP contribution is -2.46. The molecule has 0 aromatic heterocycles. The molecular weight excluding hydrogens is 429 g/mol. The molecule has 2 aromatic rings. The quantitative estimate of drug-likeness (QED) is 0.655. The van der Waals surface area contributed by atoms with Gasteiger partial charge in [-0.3, -0.25) is 9.59 Å². The second kappa shape index (κ2) is 10.7. The van der Waals surface area contributed by atoms with Crippen LogP contribution in [0.1, 0.15) is 53.2 Å². The molecule has 4 rings (SSSR count). The minimum Gasteiger partial charge on any atom is -0.351 e. The lowest BCUT2D eigenvalue weighted by atomic mass is 9.84. The second-order valence-corrected chi connectivity index (χ2v) is 10.0. The van der Waals surface area contributed by atoms with Crippen LogP contribution in [0.3, 0.4) is 0 Å². The van der Waals surface area contributed by atoms with Crippen LogP contribution < -0.4 is 10.2 Å². The van der Waals surface area contributed by atoms with Crippen LogP contribution in [0.4, 0.5) is 10.1 Å². The molecule has 2 atom stereocenters. The van der Waals surface area contributed by atoms with E-state index in [4.69, 9.17) is 0 Å². The first kappa shape index (κ1) is 24.4. The van der Waals surface area contributed by atoms with E-state index >= 15 is 0 Å². The molecule has 2 heterocycles. The number of hydrogen-bond donors (Lipinski definition) is 1. The van der Waals surface area contributed by atoms with E-state index in [1.165, 1.54) is 18.9 Å². The number of halogens is 1. The first-order chi connectivity index (χ1) is 16.3. The van der Waals surface area contributed by atoms with Gasteiger partial charge >= 0.3 is 0 Å². The molecule has 0 unspecified atom stereocenters. The number of amides is 2. The number of piperidine rings is 1. The molecule has 2 aliphatic rings. The maximum atomic E-state index is 14.2. The SMILES string of the molecule is Cc1cc(C(=O)NCCN2CCCC2)cc(C)c1N1C[C@@H](Cc2ccccc2F)C[C@@H](C)C1=O. The van der Waals surface area contributed by atoms with E-state index in [0.717, 1.165) is 42.9 Å². The number of likely N-dealkylation sites (tertiary alicyclic amines) is 1. The summed E-state index contributed by atoms with van der Waals surface area (Å²) in [5.74, 6) is -0.118. The third-order valence-electron chi connectivity index (χ3n) is 7.22. The molecule has 0 radical (unpaired) electrons. The van der Waals surface area contributed by atoms with Crippen molar-refractivity contribution in [1.82, 2.24) is 10.2 Å². The van der Waals surface area contributed by atoms with E-state index in [-0.39, 0.29) is 29.5 Å². The summed E-state index contributed by atoms with van der Waals surface area (Å²) in [5, 5.41) is 3.04. The van der Waals surface area contributed by atoms with Gasteiger partial charge in [-0.05, 0) is 93.4 Å². The molecule has 0 saturated carbocycles. The maximum absolute atomic E-state index is 14.2. The van der Waals surface area contributed by atoms with Gasteiger partial charge in [0.05, 0.1) is 0 Å². The Labute approximate surface area is 202 Å². The number of nitrogens with zero attached hydrogens (tertiary/aromatic N) is 2. The van der Waals surface area contributed by atoms with Crippen LogP contribution >= 0.6 is 0 Å². The van der Waals surface area contributed by atoms with Crippen molar-refractivity contribution < 1.29 is 14.0 Å². The largest absolute Gasteiger partial charge is 0.351 e. The number of benzene rings is 2. The summed E-state index contributed by atoms with van der Waals surface area (Å²) in [5.41, 5.74) is 4.03. The van der Waals surface area contributed by atoms with Crippen molar-refractivity contribution >= 4 is 17.5 Å². The average Bonchev–Trinajstić information content (AvgIpc) is 3.31. The van der Waals surface area contributed by atoms with Crippen LogP contribution in [0.15, 0.2) is 36.4 Å². The molecule has 34 heavy (non-hydrogen) atoms. The van der Waals surface area contributed by atoms with Gasteiger partial charge in [-0.15, -0.1) is 0 Å². The second-order valence-electron chi connectivity index (χ2n) is 10.0. The topological polar surface area (TPSA) is 52.7 Å². The minimum absolute atomic E-state index is 0.0762. The molecule has 2 aromatic carbocycles. The van der Waals surface area contributed by atoms with Crippen LogP contribution in [0, 0.1) is 31.5 Å². The number of nitrogens with one attached hydrogen (secondary N) is 1. The highest BCUT2D eigenvalue weighted by Crippen LogP contribution is 2.34. The Morgan fingerprint density at radius 3 is 2.47 bits per heavy atom. The fourth-order valence-electron chi connectivity index (χ4n) is 5.56. The first-order valence-corrected chi connectivity index (χ1v) is 12.5. The Bertz CT molecular complexity index is 1020. The molecule has 182 valence electrons. The molecule has 2 saturated heterocycles. The summed E-state index contributed by atoms with van der Waals surface area (Å²) >= 11 is 0. The van der Waals surface area contributed by atoms with Crippen LogP contribution in [-0.2, 0) is 11.2 Å². The van der Waals surface area contributed by atoms with Crippen LogP contribution in [0.5, 0.6) is 0 Å². The Morgan fingerprint density at radius 2 is 1.79 bits per heavy atom. The Kier molecular flexibility index (Phi) is 7.67. The lowest BCUT2D eigenvalue weighted by Gasteiger charge is -2.38. The predicted octanol–water partition coefficient (Wildman–Crippen LogP) is 4.50. The zero-order valence-electron chi connectivity index (χ0n) is 20.6. The number of hydrogen-bond acceptors (Lipinski definition) is 3. The van der Waals surface area contributed by atoms with Gasteiger partial charge in [0, 0.05) is 36.8 Å². The molecule has 2 amide bonds. The normalized spacial score (nSPS) is 21.2. The van der Waals surface area contributed by atoms with Gasteiger partial charge in [-0.2, -0.15) is 0 Å². The minimum atomic E-state index is -0.189. The van der Waals surface area contributed by atoms with Gasteiger partial charge in [0.2, 0.25) is 5.91 Å². The number of carbonyl (C=O) groups is 2. The molecule has 0 aliphatic carbocycles. The molecule has 5 nitrogen and oxygen atoms in total. The summed E-state index contributed by atoms with van der Waals surface area (Å²) in [4.78, 5) is 30.2. The van der Waals surface area contributed by atoms with Crippen LogP contribution in [-0.4, -0.2) is 49.4 Å². The molecule has 6 heteroatoms. The molecular formula is C28H36FN3O2. The van der Waals surface area contributed by atoms with Gasteiger partial charge in [0.15, 0.2) is 0 Å². The van der Waals surface area contributed by atoms with E-state index in [1.54, 1.807) is 6.07 Å². The van der Waals surface area contributed by atoms with E-state index in [0.29, 0.717) is 30.6 Å². The standard InChI is InChI=1S/C28H36FN3O2/c1-19-15-24(27(33)30-10-13-31-11-6-7-12-31)16-20(2)26(19)32-18-22(14-21(3)28(32)34)17-23-8-4-5-9-25(23)29/h4-5,8-9,15-16,21-22H,6-7,10-14,17-18H2,1-3H3,(H,30,33)/t21-,22-/m1/s1. The monoisotopic (exact) mass is 465 g/mol. The number of rotatable bonds is 7. The third kappa shape index (κ3) is 5.49. The molecule has 0 bridgehead atoms. The van der Waals surface area contributed by atoms with Crippen molar-refractivity contribution in [3.8, 4) is 0 Å². The number of aryl methyl sites for hydroxylation is 2. The van der Waals surface area contributed by atoms with Gasteiger partial charge in [0.1, 0.15) is 5.82 Å². The average molecular weight is 466 g/mol. The zero-order valence-corrected chi connectivity index (χ0v) is 20.6. The van der Waals surface area contributed by atoms with Crippen LogP contribution in [0.2, 0.25) is 0 Å². The highest BCUT2D eigenvalue weighted by Gasteiger charge is 2.34. The van der Waals surface area contributed by atoms with Gasteiger partial charge in [-0.25, -0.2) is 4.39 Å². The van der Waals surface area contributed by atoms with Gasteiger partial charge in [0.25, 0.3) is 5.91 Å². The highest BCUT2D eigenvalue weighted by atomic mass is 19.1. The van der Waals surface area contributed by atoms with Crippen molar-refractivity contribution in [2.45, 2.75) is 46.5 Å². The summed E-state index contributed by atoms with van der Waals surface area (Å²) < 4.78 is 14.2. The fraction of sp³-hybridized carbons (Fsp3) is 0.500. The Balaban J connectivity index is 1.47. The van der Waals surface area contributed by atoms with Crippen molar-refractivity contribution in [2.24, 2.45) is 11.8 Å². The number of carbonyl (C=O) groups excluding carboxylic acids is 2. The van der Waals surface area contributed by atoms with E-state index in [2.05, 4.69) is 10.2 Å². The van der Waals surface area contributed by atoms with Gasteiger partial charge in [-0.1, -0.05) is 25.1 Å². The summed E-state index contributed by atoms with van der Waals surface area (Å²) in [6.07, 6.45) is 3.83. The van der Waals surface area contributed by atoms with Crippen molar-refractivity contribution in [3.05, 3.63) is 64.5 Å². The fourth-order valence-corrected chi connectivity index (χ4v) is 5.56.